The summed E-state index contributed by atoms with van der Waals surface area (Å²) >= 11 is 0. The van der Waals surface area contributed by atoms with Gasteiger partial charge in [-0.2, -0.15) is 5.01 Å². The molecule has 1 aliphatic carbocycles. The predicted molar refractivity (Wildman–Crippen MR) is 82.3 cm³/mol. The van der Waals surface area contributed by atoms with Crippen molar-refractivity contribution in [3.63, 3.8) is 0 Å². The van der Waals surface area contributed by atoms with E-state index in [4.69, 9.17) is 0 Å². The first kappa shape index (κ1) is 15.9. The lowest BCUT2D eigenvalue weighted by molar-refractivity contribution is -0.384. The topological polar surface area (TPSA) is 110 Å². The molecule has 0 spiro atoms. The van der Waals surface area contributed by atoms with E-state index in [1.54, 1.807) is 0 Å². The molecule has 1 heterocycles. The van der Waals surface area contributed by atoms with Gasteiger partial charge in [-0.05, 0) is 24.5 Å². The first-order chi connectivity index (χ1) is 11.4. The average molecular weight is 329 g/mol. The highest BCUT2D eigenvalue weighted by Crippen LogP contribution is 2.37. The Bertz CT molecular complexity index is 755. The molecule has 1 fully saturated rings. The van der Waals surface area contributed by atoms with Gasteiger partial charge in [-0.25, -0.2) is 0 Å². The van der Waals surface area contributed by atoms with Crippen molar-refractivity contribution in [2.75, 3.05) is 0 Å². The number of non-ortho nitro benzene ring substituents is 1. The van der Waals surface area contributed by atoms with E-state index in [1.165, 1.54) is 24.3 Å². The molecule has 0 bridgehead atoms. The average Bonchev–Trinajstić information content (AvgIpc) is 2.81. The molecule has 1 N–H and O–H groups in total. The Labute approximate surface area is 137 Å². The Morgan fingerprint density at radius 1 is 1.25 bits per heavy atom. The molecule has 8 nitrogen and oxygen atoms in total. The lowest BCUT2D eigenvalue weighted by Crippen LogP contribution is -2.46. The van der Waals surface area contributed by atoms with E-state index < -0.39 is 34.5 Å². The summed E-state index contributed by atoms with van der Waals surface area (Å²) in [7, 11) is 0. The minimum atomic E-state index is -0.661. The number of hydrogen-bond donors (Lipinski definition) is 1. The minimum Gasteiger partial charge on any atom is -0.272 e. The zero-order valence-corrected chi connectivity index (χ0v) is 12.8. The number of hydrazine groups is 1. The van der Waals surface area contributed by atoms with Crippen LogP contribution in [-0.4, -0.2) is 27.7 Å². The normalized spacial score (nSPS) is 25.5. The van der Waals surface area contributed by atoms with Crippen LogP contribution in [0.1, 0.15) is 23.7 Å². The fourth-order valence-corrected chi connectivity index (χ4v) is 3.16. The van der Waals surface area contributed by atoms with E-state index >= 15 is 0 Å². The number of hydrogen-bond acceptors (Lipinski definition) is 5. The smallest absolute Gasteiger partial charge is 0.270 e. The molecule has 0 saturated carbocycles. The van der Waals surface area contributed by atoms with Gasteiger partial charge in [0.2, 0.25) is 0 Å². The molecule has 1 aromatic rings. The number of nitro benzene ring substituents is 1. The lowest BCUT2D eigenvalue weighted by atomic mass is 9.78. The van der Waals surface area contributed by atoms with E-state index in [0.29, 0.717) is 6.42 Å². The number of amides is 3. The van der Waals surface area contributed by atoms with Crippen molar-refractivity contribution in [2.24, 2.45) is 17.8 Å². The van der Waals surface area contributed by atoms with Crippen LogP contribution in [0.25, 0.3) is 0 Å². The summed E-state index contributed by atoms with van der Waals surface area (Å²) in [4.78, 5) is 47.1. The monoisotopic (exact) mass is 329 g/mol. The predicted octanol–water partition coefficient (Wildman–Crippen LogP) is 1.44. The van der Waals surface area contributed by atoms with E-state index in [-0.39, 0.29) is 17.2 Å². The van der Waals surface area contributed by atoms with Gasteiger partial charge < -0.3 is 0 Å². The molecule has 0 radical (unpaired) electrons. The summed E-state index contributed by atoms with van der Waals surface area (Å²) in [5, 5.41) is 11.4. The van der Waals surface area contributed by atoms with Crippen molar-refractivity contribution in [1.29, 1.82) is 0 Å². The third kappa shape index (κ3) is 2.55. The fourth-order valence-electron chi connectivity index (χ4n) is 3.16. The van der Waals surface area contributed by atoms with Crippen LogP contribution in [0, 0.1) is 27.9 Å². The Kier molecular flexibility index (Phi) is 3.88. The van der Waals surface area contributed by atoms with Gasteiger partial charge in [0.05, 0.1) is 16.8 Å². The molecule has 2 aliphatic rings. The van der Waals surface area contributed by atoms with Crippen LogP contribution in [0.3, 0.4) is 0 Å². The summed E-state index contributed by atoms with van der Waals surface area (Å²) in [5.74, 6) is -2.48. The van der Waals surface area contributed by atoms with Crippen LogP contribution in [-0.2, 0) is 9.59 Å². The molecule has 8 heteroatoms. The van der Waals surface area contributed by atoms with Crippen LogP contribution in [0.4, 0.5) is 5.69 Å². The second-order valence-corrected chi connectivity index (χ2v) is 5.91. The second kappa shape index (κ2) is 5.88. The number of carbonyl (C=O) groups excluding carboxylic acids is 3. The van der Waals surface area contributed by atoms with Crippen LogP contribution in [0.15, 0.2) is 36.4 Å². The molecule has 3 rings (SSSR count). The zero-order valence-electron chi connectivity index (χ0n) is 12.8. The van der Waals surface area contributed by atoms with Crippen LogP contribution in [0.2, 0.25) is 0 Å². The van der Waals surface area contributed by atoms with Gasteiger partial charge in [0.25, 0.3) is 23.4 Å². The van der Waals surface area contributed by atoms with E-state index in [0.717, 1.165) is 5.01 Å². The quantitative estimate of drug-likeness (QED) is 0.390. The van der Waals surface area contributed by atoms with Gasteiger partial charge in [0.15, 0.2) is 0 Å². The van der Waals surface area contributed by atoms with Gasteiger partial charge in [-0.1, -0.05) is 19.1 Å². The maximum atomic E-state index is 12.4. The molecule has 124 valence electrons. The van der Waals surface area contributed by atoms with Crippen molar-refractivity contribution in [3.8, 4) is 0 Å². The van der Waals surface area contributed by atoms with Crippen LogP contribution >= 0.6 is 0 Å². The maximum absolute atomic E-state index is 12.4. The second-order valence-electron chi connectivity index (χ2n) is 5.91. The number of imide groups is 1. The van der Waals surface area contributed by atoms with Crippen molar-refractivity contribution >= 4 is 23.4 Å². The third-order valence-corrected chi connectivity index (χ3v) is 4.43. The highest BCUT2D eigenvalue weighted by atomic mass is 16.6. The Hall–Kier alpha value is -3.03. The standard InChI is InChI=1S/C16H15N3O5/c1-9-3-2-4-12-13(9)16(22)18(15(12)21)17-14(20)10-5-7-11(8-6-10)19(23)24/h2-3,5-9,12-13H,4H2,1H3,(H,17,20)/t9-,12-,13-/m1/s1. The van der Waals surface area contributed by atoms with Crippen molar-refractivity contribution in [3.05, 3.63) is 52.1 Å². The lowest BCUT2D eigenvalue weighted by Gasteiger charge is -2.22. The maximum Gasteiger partial charge on any atom is 0.270 e. The molecule has 24 heavy (non-hydrogen) atoms. The zero-order chi connectivity index (χ0) is 17.4. The molecule has 0 aromatic heterocycles. The number of allylic oxidation sites excluding steroid dienone is 2. The van der Waals surface area contributed by atoms with Gasteiger partial charge in [0, 0.05) is 17.7 Å². The van der Waals surface area contributed by atoms with E-state index in [9.17, 15) is 24.5 Å². The van der Waals surface area contributed by atoms with Crippen molar-refractivity contribution < 1.29 is 19.3 Å². The van der Waals surface area contributed by atoms with Gasteiger partial charge in [-0.3, -0.25) is 29.9 Å². The highest BCUT2D eigenvalue weighted by molar-refractivity contribution is 6.08. The Morgan fingerprint density at radius 3 is 2.50 bits per heavy atom. The van der Waals surface area contributed by atoms with Crippen LogP contribution in [0.5, 0.6) is 0 Å². The number of fused-ring (bicyclic) bond motifs is 1. The number of nitrogens with zero attached hydrogens (tertiary/aromatic N) is 2. The number of nitrogens with one attached hydrogen (secondary N) is 1. The molecular weight excluding hydrogens is 314 g/mol. The SMILES string of the molecule is C[C@@H]1C=CC[C@H]2C(=O)N(NC(=O)c3ccc([N+](=O)[O-])cc3)C(=O)[C@H]12. The van der Waals surface area contributed by atoms with Crippen LogP contribution < -0.4 is 5.43 Å². The summed E-state index contributed by atoms with van der Waals surface area (Å²) in [6.45, 7) is 1.86. The molecular formula is C16H15N3O5. The molecule has 3 amide bonds. The molecule has 3 atom stereocenters. The number of benzene rings is 1. The summed E-state index contributed by atoms with van der Waals surface area (Å²) in [6.07, 6.45) is 4.25. The van der Waals surface area contributed by atoms with E-state index in [2.05, 4.69) is 5.43 Å². The summed E-state index contributed by atoms with van der Waals surface area (Å²) in [5.41, 5.74) is 2.30. The molecule has 1 aromatic carbocycles. The van der Waals surface area contributed by atoms with Crippen molar-refractivity contribution in [2.45, 2.75) is 13.3 Å². The Morgan fingerprint density at radius 2 is 1.92 bits per heavy atom. The number of nitro groups is 1. The Balaban J connectivity index is 1.76. The minimum absolute atomic E-state index is 0.0681. The summed E-state index contributed by atoms with van der Waals surface area (Å²) < 4.78 is 0. The number of rotatable bonds is 3. The number of carbonyl (C=O) groups is 3. The molecule has 0 unspecified atom stereocenters. The van der Waals surface area contributed by atoms with Gasteiger partial charge >= 0.3 is 0 Å². The van der Waals surface area contributed by atoms with Gasteiger partial charge in [-0.15, -0.1) is 0 Å². The van der Waals surface area contributed by atoms with Gasteiger partial charge in [0.1, 0.15) is 0 Å². The fraction of sp³-hybridized carbons (Fsp3) is 0.312. The molecule has 1 aliphatic heterocycles. The first-order valence-corrected chi connectivity index (χ1v) is 7.50. The van der Waals surface area contributed by atoms with E-state index in [1.807, 2.05) is 19.1 Å². The summed E-state index contributed by atoms with van der Waals surface area (Å²) in [6, 6.07) is 4.92. The largest absolute Gasteiger partial charge is 0.272 e. The first-order valence-electron chi connectivity index (χ1n) is 7.50. The molecule has 1 saturated heterocycles. The third-order valence-electron chi connectivity index (χ3n) is 4.43. The highest BCUT2D eigenvalue weighted by Gasteiger charge is 2.50. The van der Waals surface area contributed by atoms with Crippen molar-refractivity contribution in [1.82, 2.24) is 10.4 Å².